The van der Waals surface area contributed by atoms with Crippen molar-refractivity contribution in [1.29, 1.82) is 0 Å². The van der Waals surface area contributed by atoms with Gasteiger partial charge >= 0.3 is 0 Å². The highest BCUT2D eigenvalue weighted by atomic mass is 15.4. The van der Waals surface area contributed by atoms with Gasteiger partial charge in [0.05, 0.1) is 6.20 Å². The molecule has 1 heterocycles. The van der Waals surface area contributed by atoms with Gasteiger partial charge in [-0.3, -0.25) is 0 Å². The Morgan fingerprint density at radius 2 is 2.12 bits per heavy atom. The van der Waals surface area contributed by atoms with Crippen molar-refractivity contribution in [2.24, 2.45) is 0 Å². The normalized spacial score (nSPS) is 10.8. The smallest absolute Gasteiger partial charge is 0.113 e. The predicted molar refractivity (Wildman–Crippen MR) is 65.4 cm³/mol. The van der Waals surface area contributed by atoms with Crippen LogP contribution in [0.2, 0.25) is 0 Å². The zero-order chi connectivity index (χ0) is 11.5. The van der Waals surface area contributed by atoms with Gasteiger partial charge in [-0.2, -0.15) is 0 Å². The third-order valence-corrected chi connectivity index (χ3v) is 2.49. The van der Waals surface area contributed by atoms with Crippen LogP contribution in [-0.4, -0.2) is 22.0 Å². The molecule has 2 aromatic rings. The van der Waals surface area contributed by atoms with Gasteiger partial charge in [0.2, 0.25) is 0 Å². The molecule has 84 valence electrons. The summed E-state index contributed by atoms with van der Waals surface area (Å²) in [7, 11) is 1.91. The number of nitrogens with zero attached hydrogens (tertiary/aromatic N) is 3. The molecule has 0 aliphatic heterocycles. The molecule has 0 bridgehead atoms. The SMILES string of the molecule is CNc1cccc(-c2cn(C(C)C)nn2)c1. The maximum Gasteiger partial charge on any atom is 0.113 e. The Bertz CT molecular complexity index is 473. The molecule has 1 aromatic heterocycles. The van der Waals surface area contributed by atoms with E-state index in [0.29, 0.717) is 6.04 Å². The van der Waals surface area contributed by atoms with Gasteiger partial charge in [0, 0.05) is 24.3 Å². The largest absolute Gasteiger partial charge is 0.388 e. The molecule has 0 saturated carbocycles. The maximum atomic E-state index is 4.17. The zero-order valence-corrected chi connectivity index (χ0v) is 9.81. The first kappa shape index (κ1) is 10.7. The van der Waals surface area contributed by atoms with Crippen LogP contribution in [-0.2, 0) is 0 Å². The van der Waals surface area contributed by atoms with Crippen LogP contribution in [0.1, 0.15) is 19.9 Å². The Hall–Kier alpha value is -1.84. The van der Waals surface area contributed by atoms with Crippen molar-refractivity contribution >= 4 is 5.69 Å². The molecule has 0 aliphatic carbocycles. The fourth-order valence-electron chi connectivity index (χ4n) is 1.50. The fourth-order valence-corrected chi connectivity index (χ4v) is 1.50. The molecule has 4 heteroatoms. The van der Waals surface area contributed by atoms with Gasteiger partial charge in [-0.1, -0.05) is 17.3 Å². The fraction of sp³-hybridized carbons (Fsp3) is 0.333. The standard InChI is InChI=1S/C12H16N4/c1-9(2)16-8-12(14-15-16)10-5-4-6-11(7-10)13-3/h4-9,13H,1-3H3. The molecule has 1 aromatic carbocycles. The van der Waals surface area contributed by atoms with E-state index in [-0.39, 0.29) is 0 Å². The van der Waals surface area contributed by atoms with E-state index in [1.165, 1.54) is 0 Å². The summed E-state index contributed by atoms with van der Waals surface area (Å²) >= 11 is 0. The second-order valence-corrected chi connectivity index (χ2v) is 4.01. The number of benzene rings is 1. The van der Waals surface area contributed by atoms with Gasteiger partial charge < -0.3 is 5.32 Å². The van der Waals surface area contributed by atoms with Crippen molar-refractivity contribution in [1.82, 2.24) is 15.0 Å². The molecule has 2 rings (SSSR count). The molecule has 0 fully saturated rings. The van der Waals surface area contributed by atoms with E-state index in [1.54, 1.807) is 0 Å². The quantitative estimate of drug-likeness (QED) is 0.857. The van der Waals surface area contributed by atoms with Crippen LogP contribution < -0.4 is 5.32 Å². The highest BCUT2D eigenvalue weighted by Crippen LogP contribution is 2.20. The minimum Gasteiger partial charge on any atom is -0.388 e. The highest BCUT2D eigenvalue weighted by molar-refractivity contribution is 5.63. The molecule has 0 radical (unpaired) electrons. The molecule has 1 N–H and O–H groups in total. The van der Waals surface area contributed by atoms with Crippen LogP contribution in [0.15, 0.2) is 30.5 Å². The average molecular weight is 216 g/mol. The van der Waals surface area contributed by atoms with Crippen LogP contribution in [0.25, 0.3) is 11.3 Å². The zero-order valence-electron chi connectivity index (χ0n) is 9.81. The van der Waals surface area contributed by atoms with Gasteiger partial charge in [0.25, 0.3) is 0 Å². The van der Waals surface area contributed by atoms with Crippen LogP contribution in [0.5, 0.6) is 0 Å². The highest BCUT2D eigenvalue weighted by Gasteiger charge is 2.05. The molecule has 16 heavy (non-hydrogen) atoms. The monoisotopic (exact) mass is 216 g/mol. The van der Waals surface area contributed by atoms with Crippen molar-refractivity contribution in [2.75, 3.05) is 12.4 Å². The summed E-state index contributed by atoms with van der Waals surface area (Å²) in [5, 5.41) is 11.4. The minimum atomic E-state index is 0.341. The lowest BCUT2D eigenvalue weighted by Gasteiger charge is -2.02. The second kappa shape index (κ2) is 4.35. The Balaban J connectivity index is 2.34. The summed E-state index contributed by atoms with van der Waals surface area (Å²) in [6, 6.07) is 8.48. The van der Waals surface area contributed by atoms with E-state index in [0.717, 1.165) is 16.9 Å². The van der Waals surface area contributed by atoms with E-state index in [4.69, 9.17) is 0 Å². The van der Waals surface area contributed by atoms with Crippen molar-refractivity contribution in [3.63, 3.8) is 0 Å². The third-order valence-electron chi connectivity index (χ3n) is 2.49. The van der Waals surface area contributed by atoms with E-state index in [2.05, 4.69) is 35.5 Å². The summed E-state index contributed by atoms with van der Waals surface area (Å²) in [5.41, 5.74) is 3.07. The maximum absolute atomic E-state index is 4.17. The van der Waals surface area contributed by atoms with Gasteiger partial charge in [-0.25, -0.2) is 4.68 Å². The van der Waals surface area contributed by atoms with E-state index >= 15 is 0 Å². The molecule has 0 saturated heterocycles. The summed E-state index contributed by atoms with van der Waals surface area (Å²) in [4.78, 5) is 0. The number of nitrogens with one attached hydrogen (secondary N) is 1. The van der Waals surface area contributed by atoms with Crippen molar-refractivity contribution in [3.05, 3.63) is 30.5 Å². The predicted octanol–water partition coefficient (Wildman–Crippen LogP) is 2.57. The van der Waals surface area contributed by atoms with Gasteiger partial charge in [-0.15, -0.1) is 5.10 Å². The first-order valence-corrected chi connectivity index (χ1v) is 5.40. The molecule has 0 aliphatic rings. The van der Waals surface area contributed by atoms with Crippen LogP contribution in [0, 0.1) is 0 Å². The second-order valence-electron chi connectivity index (χ2n) is 4.01. The lowest BCUT2D eigenvalue weighted by Crippen LogP contribution is -2.00. The molecular formula is C12H16N4. The summed E-state index contributed by atoms with van der Waals surface area (Å²) in [5.74, 6) is 0. The Kier molecular flexibility index (Phi) is 2.90. The lowest BCUT2D eigenvalue weighted by atomic mass is 10.1. The molecule has 4 nitrogen and oxygen atoms in total. The van der Waals surface area contributed by atoms with E-state index in [1.807, 2.05) is 36.1 Å². The third kappa shape index (κ3) is 2.05. The van der Waals surface area contributed by atoms with Gasteiger partial charge in [-0.05, 0) is 26.0 Å². The van der Waals surface area contributed by atoms with Crippen molar-refractivity contribution < 1.29 is 0 Å². The summed E-state index contributed by atoms with van der Waals surface area (Å²) in [6.45, 7) is 4.17. The Morgan fingerprint density at radius 1 is 1.31 bits per heavy atom. The first-order valence-electron chi connectivity index (χ1n) is 5.40. The van der Waals surface area contributed by atoms with Crippen LogP contribution in [0.3, 0.4) is 0 Å². The number of rotatable bonds is 3. The van der Waals surface area contributed by atoms with E-state index < -0.39 is 0 Å². The van der Waals surface area contributed by atoms with Crippen molar-refractivity contribution in [3.8, 4) is 11.3 Å². The molecule has 0 spiro atoms. The minimum absolute atomic E-state index is 0.341. The topological polar surface area (TPSA) is 42.7 Å². The number of anilines is 1. The lowest BCUT2D eigenvalue weighted by molar-refractivity contribution is 0.514. The van der Waals surface area contributed by atoms with Crippen LogP contribution in [0.4, 0.5) is 5.69 Å². The van der Waals surface area contributed by atoms with Crippen LogP contribution >= 0.6 is 0 Å². The van der Waals surface area contributed by atoms with Crippen molar-refractivity contribution in [2.45, 2.75) is 19.9 Å². The molecule has 0 atom stereocenters. The average Bonchev–Trinajstić information content (AvgIpc) is 2.78. The number of aromatic nitrogens is 3. The summed E-state index contributed by atoms with van der Waals surface area (Å²) < 4.78 is 1.86. The molecular weight excluding hydrogens is 200 g/mol. The first-order chi connectivity index (χ1) is 7.70. The van der Waals surface area contributed by atoms with Gasteiger partial charge in [0.1, 0.15) is 5.69 Å². The Labute approximate surface area is 95.3 Å². The Morgan fingerprint density at radius 3 is 2.75 bits per heavy atom. The van der Waals surface area contributed by atoms with E-state index in [9.17, 15) is 0 Å². The summed E-state index contributed by atoms with van der Waals surface area (Å²) in [6.07, 6.45) is 1.97. The van der Waals surface area contributed by atoms with Gasteiger partial charge in [0.15, 0.2) is 0 Å². The molecule has 0 amide bonds. The molecule has 0 unspecified atom stereocenters. The number of hydrogen-bond donors (Lipinski definition) is 1. The number of hydrogen-bond acceptors (Lipinski definition) is 3.